The quantitative estimate of drug-likeness (QED) is 0.485. The van der Waals surface area contributed by atoms with Gasteiger partial charge in [-0.05, 0) is 6.92 Å². The Morgan fingerprint density at radius 1 is 1.36 bits per heavy atom. The van der Waals surface area contributed by atoms with Gasteiger partial charge in [-0.15, -0.1) is 0 Å². The fourth-order valence-electron chi connectivity index (χ4n) is 0.717. The normalized spacial score (nSPS) is 11.9. The number of carbonyl (C=O) groups is 2. The Bertz CT molecular complexity index is 206. The molecular formula is C8H18N4O2. The third-order valence-corrected chi connectivity index (χ3v) is 1.68. The summed E-state index contributed by atoms with van der Waals surface area (Å²) in [6.07, 6.45) is 0. The van der Waals surface area contributed by atoms with Gasteiger partial charge < -0.3 is 21.3 Å². The molecule has 82 valence electrons. The minimum Gasteiger partial charge on any atom is -0.368 e. The van der Waals surface area contributed by atoms with Crippen LogP contribution in [0.5, 0.6) is 0 Å². The highest BCUT2D eigenvalue weighted by atomic mass is 16.2. The van der Waals surface area contributed by atoms with Crippen molar-refractivity contribution in [2.75, 3.05) is 27.2 Å². The summed E-state index contributed by atoms with van der Waals surface area (Å²) in [5.74, 6) is -0.399. The molecule has 0 aromatic carbocycles. The van der Waals surface area contributed by atoms with E-state index in [1.165, 1.54) is 4.90 Å². The zero-order valence-electron chi connectivity index (χ0n) is 8.83. The van der Waals surface area contributed by atoms with Crippen molar-refractivity contribution in [3.05, 3.63) is 0 Å². The van der Waals surface area contributed by atoms with Gasteiger partial charge in [-0.3, -0.25) is 4.79 Å². The van der Waals surface area contributed by atoms with Crippen molar-refractivity contribution >= 4 is 11.9 Å². The SMILES string of the molecule is CC(NCCNC(=O)N(C)C)C(N)=O. The first-order valence-electron chi connectivity index (χ1n) is 4.43. The van der Waals surface area contributed by atoms with Crippen LogP contribution in [0.15, 0.2) is 0 Å². The van der Waals surface area contributed by atoms with Crippen molar-refractivity contribution in [1.29, 1.82) is 0 Å². The van der Waals surface area contributed by atoms with Crippen LogP contribution >= 0.6 is 0 Å². The van der Waals surface area contributed by atoms with Crippen LogP contribution in [0.4, 0.5) is 4.79 Å². The summed E-state index contributed by atoms with van der Waals surface area (Å²) >= 11 is 0. The second kappa shape index (κ2) is 6.20. The van der Waals surface area contributed by atoms with Crippen LogP contribution in [-0.4, -0.2) is 50.1 Å². The molecule has 4 N–H and O–H groups in total. The Morgan fingerprint density at radius 2 is 1.93 bits per heavy atom. The van der Waals surface area contributed by atoms with E-state index in [1.54, 1.807) is 21.0 Å². The van der Waals surface area contributed by atoms with Gasteiger partial charge in [-0.2, -0.15) is 0 Å². The van der Waals surface area contributed by atoms with Gasteiger partial charge in [0.15, 0.2) is 0 Å². The second-order valence-corrected chi connectivity index (χ2v) is 3.20. The van der Waals surface area contributed by atoms with Crippen LogP contribution in [0, 0.1) is 0 Å². The molecule has 1 atom stereocenters. The fraction of sp³-hybridized carbons (Fsp3) is 0.750. The molecule has 0 aromatic heterocycles. The lowest BCUT2D eigenvalue weighted by Crippen LogP contribution is -2.44. The number of nitrogens with two attached hydrogens (primary N) is 1. The first-order valence-corrected chi connectivity index (χ1v) is 4.43. The molecule has 6 nitrogen and oxygen atoms in total. The van der Waals surface area contributed by atoms with Gasteiger partial charge in [0.2, 0.25) is 5.91 Å². The molecule has 0 saturated heterocycles. The summed E-state index contributed by atoms with van der Waals surface area (Å²) in [4.78, 5) is 23.1. The summed E-state index contributed by atoms with van der Waals surface area (Å²) < 4.78 is 0. The average Bonchev–Trinajstić information content (AvgIpc) is 2.11. The van der Waals surface area contributed by atoms with E-state index in [9.17, 15) is 9.59 Å². The topological polar surface area (TPSA) is 87.5 Å². The van der Waals surface area contributed by atoms with Crippen LogP contribution in [0.2, 0.25) is 0 Å². The summed E-state index contributed by atoms with van der Waals surface area (Å²) in [7, 11) is 3.32. The number of rotatable bonds is 5. The van der Waals surface area contributed by atoms with Crippen molar-refractivity contribution in [2.45, 2.75) is 13.0 Å². The Morgan fingerprint density at radius 3 is 2.36 bits per heavy atom. The largest absolute Gasteiger partial charge is 0.368 e. The summed E-state index contributed by atoms with van der Waals surface area (Å²) in [6.45, 7) is 2.66. The second-order valence-electron chi connectivity index (χ2n) is 3.20. The Hall–Kier alpha value is -1.30. The lowest BCUT2D eigenvalue weighted by molar-refractivity contribution is -0.119. The molecule has 0 aliphatic carbocycles. The van der Waals surface area contributed by atoms with Gasteiger partial charge in [0.25, 0.3) is 0 Å². The van der Waals surface area contributed by atoms with E-state index in [0.717, 1.165) is 0 Å². The summed E-state index contributed by atoms with van der Waals surface area (Å²) in [5.41, 5.74) is 5.03. The molecule has 0 aromatic rings. The maximum Gasteiger partial charge on any atom is 0.316 e. The monoisotopic (exact) mass is 202 g/mol. The van der Waals surface area contributed by atoms with E-state index in [-0.39, 0.29) is 12.1 Å². The number of hydrogen-bond acceptors (Lipinski definition) is 3. The lowest BCUT2D eigenvalue weighted by Gasteiger charge is -2.13. The number of nitrogens with zero attached hydrogens (tertiary/aromatic N) is 1. The molecule has 0 aliphatic rings. The van der Waals surface area contributed by atoms with Gasteiger partial charge in [-0.1, -0.05) is 0 Å². The smallest absolute Gasteiger partial charge is 0.316 e. The third-order valence-electron chi connectivity index (χ3n) is 1.68. The number of carbonyl (C=O) groups excluding carboxylic acids is 2. The van der Waals surface area contributed by atoms with E-state index < -0.39 is 5.91 Å². The Balaban J connectivity index is 3.47. The van der Waals surface area contributed by atoms with E-state index in [1.807, 2.05) is 0 Å². The number of nitrogens with one attached hydrogen (secondary N) is 2. The summed E-state index contributed by atoms with van der Waals surface area (Å²) in [5, 5.41) is 5.52. The molecule has 6 heteroatoms. The lowest BCUT2D eigenvalue weighted by atomic mass is 10.3. The predicted octanol–water partition coefficient (Wildman–Crippen LogP) is -1.28. The van der Waals surface area contributed by atoms with Gasteiger partial charge in [0.1, 0.15) is 0 Å². The molecular weight excluding hydrogens is 184 g/mol. The van der Waals surface area contributed by atoms with Crippen molar-refractivity contribution in [1.82, 2.24) is 15.5 Å². The van der Waals surface area contributed by atoms with E-state index in [2.05, 4.69) is 10.6 Å². The Labute approximate surface area is 83.8 Å². The van der Waals surface area contributed by atoms with Gasteiger partial charge in [0, 0.05) is 27.2 Å². The maximum absolute atomic E-state index is 11.0. The maximum atomic E-state index is 11.0. The van der Waals surface area contributed by atoms with Gasteiger partial charge in [0.05, 0.1) is 6.04 Å². The first-order chi connectivity index (χ1) is 6.45. The van der Waals surface area contributed by atoms with E-state index in [0.29, 0.717) is 13.1 Å². The standard InChI is InChI=1S/C8H18N4O2/c1-6(7(9)13)10-4-5-11-8(14)12(2)3/h6,10H,4-5H2,1-3H3,(H2,9,13)(H,11,14). The molecule has 0 spiro atoms. The Kier molecular flexibility index (Phi) is 5.62. The molecule has 1 unspecified atom stereocenters. The summed E-state index contributed by atoms with van der Waals surface area (Å²) in [6, 6.07) is -0.523. The van der Waals surface area contributed by atoms with Crippen LogP contribution < -0.4 is 16.4 Å². The number of hydrogen-bond donors (Lipinski definition) is 3. The molecule has 0 aliphatic heterocycles. The van der Waals surface area contributed by atoms with E-state index in [4.69, 9.17) is 5.73 Å². The molecule has 0 saturated carbocycles. The van der Waals surface area contributed by atoms with Crippen molar-refractivity contribution < 1.29 is 9.59 Å². The highest BCUT2D eigenvalue weighted by Crippen LogP contribution is 1.78. The van der Waals surface area contributed by atoms with Gasteiger partial charge >= 0.3 is 6.03 Å². The molecule has 0 bridgehead atoms. The average molecular weight is 202 g/mol. The highest BCUT2D eigenvalue weighted by molar-refractivity contribution is 5.79. The van der Waals surface area contributed by atoms with Crippen LogP contribution in [0.3, 0.4) is 0 Å². The molecule has 0 fully saturated rings. The highest BCUT2D eigenvalue weighted by Gasteiger charge is 2.06. The molecule has 0 heterocycles. The van der Waals surface area contributed by atoms with E-state index >= 15 is 0 Å². The first kappa shape index (κ1) is 12.7. The minimum atomic E-state index is -0.399. The van der Waals surface area contributed by atoms with Crippen LogP contribution in [-0.2, 0) is 4.79 Å². The van der Waals surface area contributed by atoms with Crippen molar-refractivity contribution in [3.8, 4) is 0 Å². The predicted molar refractivity (Wildman–Crippen MR) is 53.7 cm³/mol. The fourth-order valence-corrected chi connectivity index (χ4v) is 0.717. The molecule has 0 rings (SSSR count). The molecule has 0 radical (unpaired) electrons. The van der Waals surface area contributed by atoms with Crippen molar-refractivity contribution in [2.24, 2.45) is 5.73 Å². The third kappa shape index (κ3) is 5.36. The zero-order valence-corrected chi connectivity index (χ0v) is 8.83. The number of primary amides is 1. The van der Waals surface area contributed by atoms with Gasteiger partial charge in [-0.25, -0.2) is 4.79 Å². The zero-order chi connectivity index (χ0) is 11.1. The van der Waals surface area contributed by atoms with Crippen LogP contribution in [0.1, 0.15) is 6.92 Å². The number of amides is 3. The molecule has 3 amide bonds. The minimum absolute atomic E-state index is 0.154. The number of urea groups is 1. The van der Waals surface area contributed by atoms with Crippen molar-refractivity contribution in [3.63, 3.8) is 0 Å². The van der Waals surface area contributed by atoms with Crippen LogP contribution in [0.25, 0.3) is 0 Å². The molecule has 14 heavy (non-hydrogen) atoms.